The standard InChI is InChI=1S/C17H19N3O5/c1-2-15-18-14(19-25-15)10-24-13-7-3-11(4-8-13)17(23)20(9-16(21)22)12-5-6-12/h3-4,7-8,12H,2,5-6,9-10H2,1H3,(H,21,22). The highest BCUT2D eigenvalue weighted by Crippen LogP contribution is 2.28. The van der Waals surface area contributed by atoms with E-state index in [2.05, 4.69) is 10.1 Å². The van der Waals surface area contributed by atoms with Gasteiger partial charge in [0.05, 0.1) is 0 Å². The lowest BCUT2D eigenvalue weighted by Crippen LogP contribution is -2.37. The topological polar surface area (TPSA) is 106 Å². The van der Waals surface area contributed by atoms with Crippen molar-refractivity contribution < 1.29 is 24.0 Å². The highest BCUT2D eigenvalue weighted by atomic mass is 16.5. The molecule has 0 radical (unpaired) electrons. The van der Waals surface area contributed by atoms with Crippen LogP contribution in [-0.4, -0.2) is 44.6 Å². The van der Waals surface area contributed by atoms with Crippen LogP contribution in [0, 0.1) is 0 Å². The van der Waals surface area contributed by atoms with Crippen LogP contribution >= 0.6 is 0 Å². The Hall–Kier alpha value is -2.90. The van der Waals surface area contributed by atoms with E-state index in [1.54, 1.807) is 24.3 Å². The number of benzene rings is 1. The van der Waals surface area contributed by atoms with Crippen LogP contribution < -0.4 is 4.74 Å². The molecular weight excluding hydrogens is 326 g/mol. The van der Waals surface area contributed by atoms with Crippen LogP contribution in [0.4, 0.5) is 0 Å². The third-order valence-corrected chi connectivity index (χ3v) is 3.84. The zero-order valence-electron chi connectivity index (χ0n) is 13.8. The number of carbonyl (C=O) groups is 2. The number of hydrogen-bond donors (Lipinski definition) is 1. The van der Waals surface area contributed by atoms with Gasteiger partial charge >= 0.3 is 5.97 Å². The summed E-state index contributed by atoms with van der Waals surface area (Å²) < 4.78 is 10.6. The minimum atomic E-state index is -1.01. The average molecular weight is 345 g/mol. The fourth-order valence-electron chi connectivity index (χ4n) is 2.40. The molecule has 8 heteroatoms. The first-order valence-corrected chi connectivity index (χ1v) is 8.14. The van der Waals surface area contributed by atoms with Crippen molar-refractivity contribution >= 4 is 11.9 Å². The molecule has 3 rings (SSSR count). The second kappa shape index (κ2) is 7.33. The van der Waals surface area contributed by atoms with Crippen molar-refractivity contribution in [1.29, 1.82) is 0 Å². The molecule has 0 atom stereocenters. The fraction of sp³-hybridized carbons (Fsp3) is 0.412. The quantitative estimate of drug-likeness (QED) is 0.779. The number of aromatic nitrogens is 2. The molecule has 1 aromatic heterocycles. The summed E-state index contributed by atoms with van der Waals surface area (Å²) in [7, 11) is 0. The molecule has 1 saturated carbocycles. The van der Waals surface area contributed by atoms with Gasteiger partial charge in [0.1, 0.15) is 12.3 Å². The number of carboxylic acid groups (broad SMARTS) is 1. The molecule has 1 aromatic carbocycles. The number of aliphatic carboxylic acids is 1. The molecule has 0 bridgehead atoms. The molecule has 1 heterocycles. The van der Waals surface area contributed by atoms with Gasteiger partial charge in [-0.2, -0.15) is 4.98 Å². The monoisotopic (exact) mass is 345 g/mol. The molecule has 0 aliphatic heterocycles. The molecule has 0 spiro atoms. The number of carboxylic acids is 1. The largest absolute Gasteiger partial charge is 0.485 e. The summed E-state index contributed by atoms with van der Waals surface area (Å²) in [5.41, 5.74) is 0.438. The van der Waals surface area contributed by atoms with Crippen molar-refractivity contribution in [3.05, 3.63) is 41.5 Å². The molecule has 1 fully saturated rings. The van der Waals surface area contributed by atoms with E-state index in [1.807, 2.05) is 6.92 Å². The zero-order chi connectivity index (χ0) is 17.8. The summed E-state index contributed by atoms with van der Waals surface area (Å²) in [6.07, 6.45) is 2.37. The van der Waals surface area contributed by atoms with Crippen LogP contribution in [0.25, 0.3) is 0 Å². The zero-order valence-corrected chi connectivity index (χ0v) is 13.8. The van der Waals surface area contributed by atoms with Gasteiger partial charge in [0.15, 0.2) is 6.61 Å². The molecule has 1 aliphatic rings. The molecule has 8 nitrogen and oxygen atoms in total. The first-order chi connectivity index (χ1) is 12.1. The predicted molar refractivity (Wildman–Crippen MR) is 86.1 cm³/mol. The van der Waals surface area contributed by atoms with Crippen LogP contribution in [-0.2, 0) is 17.8 Å². The van der Waals surface area contributed by atoms with Gasteiger partial charge in [-0.1, -0.05) is 12.1 Å². The van der Waals surface area contributed by atoms with Crippen molar-refractivity contribution in [2.75, 3.05) is 6.54 Å². The van der Waals surface area contributed by atoms with Gasteiger partial charge in [-0.05, 0) is 37.1 Å². The molecule has 132 valence electrons. The van der Waals surface area contributed by atoms with E-state index in [-0.39, 0.29) is 25.1 Å². The van der Waals surface area contributed by atoms with Crippen molar-refractivity contribution in [2.24, 2.45) is 0 Å². The second-order valence-corrected chi connectivity index (χ2v) is 5.83. The summed E-state index contributed by atoms with van der Waals surface area (Å²) >= 11 is 0. The maximum atomic E-state index is 12.5. The molecule has 25 heavy (non-hydrogen) atoms. The normalized spacial score (nSPS) is 13.5. The van der Waals surface area contributed by atoms with Crippen LogP contribution in [0.2, 0.25) is 0 Å². The lowest BCUT2D eigenvalue weighted by atomic mass is 10.2. The number of rotatable bonds is 8. The fourth-order valence-corrected chi connectivity index (χ4v) is 2.40. The molecule has 0 saturated heterocycles. The van der Waals surface area contributed by atoms with E-state index in [0.29, 0.717) is 29.4 Å². The number of aryl methyl sites for hydroxylation is 1. The van der Waals surface area contributed by atoms with E-state index in [4.69, 9.17) is 14.4 Å². The first-order valence-electron chi connectivity index (χ1n) is 8.14. The van der Waals surface area contributed by atoms with Crippen molar-refractivity contribution in [3.8, 4) is 5.75 Å². The highest BCUT2D eigenvalue weighted by molar-refractivity contribution is 5.96. The molecule has 2 aromatic rings. The maximum absolute atomic E-state index is 12.5. The molecule has 1 N–H and O–H groups in total. The second-order valence-electron chi connectivity index (χ2n) is 5.83. The van der Waals surface area contributed by atoms with E-state index in [9.17, 15) is 9.59 Å². The van der Waals surface area contributed by atoms with Gasteiger partial charge in [0, 0.05) is 18.0 Å². The Morgan fingerprint density at radius 2 is 2.04 bits per heavy atom. The third-order valence-electron chi connectivity index (χ3n) is 3.84. The van der Waals surface area contributed by atoms with Gasteiger partial charge in [-0.25, -0.2) is 0 Å². The Balaban J connectivity index is 1.60. The summed E-state index contributed by atoms with van der Waals surface area (Å²) in [5, 5.41) is 12.8. The smallest absolute Gasteiger partial charge is 0.323 e. The number of amides is 1. The van der Waals surface area contributed by atoms with Gasteiger partial charge in [0.25, 0.3) is 5.91 Å². The van der Waals surface area contributed by atoms with Crippen molar-refractivity contribution in [3.63, 3.8) is 0 Å². The van der Waals surface area contributed by atoms with E-state index in [1.165, 1.54) is 4.90 Å². The van der Waals surface area contributed by atoms with Crippen LogP contribution in [0.15, 0.2) is 28.8 Å². The van der Waals surface area contributed by atoms with Gasteiger partial charge in [-0.3, -0.25) is 9.59 Å². The molecule has 0 unspecified atom stereocenters. The lowest BCUT2D eigenvalue weighted by Gasteiger charge is -2.20. The van der Waals surface area contributed by atoms with Crippen LogP contribution in [0.5, 0.6) is 5.75 Å². The van der Waals surface area contributed by atoms with Crippen LogP contribution in [0.1, 0.15) is 41.8 Å². The number of hydrogen-bond acceptors (Lipinski definition) is 6. The molecular formula is C17H19N3O5. The highest BCUT2D eigenvalue weighted by Gasteiger charge is 2.34. The van der Waals surface area contributed by atoms with Crippen molar-refractivity contribution in [2.45, 2.75) is 38.8 Å². The summed E-state index contributed by atoms with van der Waals surface area (Å²) in [4.78, 5) is 29.0. The molecule has 1 aliphatic carbocycles. The Morgan fingerprint density at radius 3 is 2.60 bits per heavy atom. The van der Waals surface area contributed by atoms with Crippen LogP contribution in [0.3, 0.4) is 0 Å². The first kappa shape index (κ1) is 16.9. The van der Waals surface area contributed by atoms with Crippen molar-refractivity contribution in [1.82, 2.24) is 15.0 Å². The SMILES string of the molecule is CCc1nc(COc2ccc(C(=O)N(CC(=O)O)C3CC3)cc2)no1. The Labute approximate surface area is 144 Å². The third kappa shape index (κ3) is 4.34. The van der Waals surface area contributed by atoms with Gasteiger partial charge in [-0.15, -0.1) is 0 Å². The number of nitrogens with zero attached hydrogens (tertiary/aromatic N) is 3. The Bertz CT molecular complexity index is 752. The van der Waals surface area contributed by atoms with E-state index in [0.717, 1.165) is 12.8 Å². The number of ether oxygens (including phenoxy) is 1. The average Bonchev–Trinajstić information content (AvgIpc) is 3.35. The van der Waals surface area contributed by atoms with Gasteiger partial charge < -0.3 is 19.3 Å². The summed E-state index contributed by atoms with van der Waals surface area (Å²) in [6.45, 7) is 1.81. The Kier molecular flexibility index (Phi) is 4.97. The minimum Gasteiger partial charge on any atom is -0.485 e. The molecule has 1 amide bonds. The predicted octanol–water partition coefficient (Wildman–Crippen LogP) is 1.90. The summed E-state index contributed by atoms with van der Waals surface area (Å²) in [5.74, 6) is 0.293. The number of carbonyl (C=O) groups excluding carboxylic acids is 1. The van der Waals surface area contributed by atoms with Gasteiger partial charge in [0.2, 0.25) is 11.7 Å². The van der Waals surface area contributed by atoms with E-state index < -0.39 is 5.97 Å². The maximum Gasteiger partial charge on any atom is 0.323 e. The summed E-state index contributed by atoms with van der Waals surface area (Å²) in [6, 6.07) is 6.62. The Morgan fingerprint density at radius 1 is 1.32 bits per heavy atom. The minimum absolute atomic E-state index is 0.0329. The van der Waals surface area contributed by atoms with E-state index >= 15 is 0 Å². The lowest BCUT2D eigenvalue weighted by molar-refractivity contribution is -0.137.